The maximum absolute atomic E-state index is 12.6. The average Bonchev–Trinajstić information content (AvgIpc) is 2.78. The zero-order valence-corrected chi connectivity index (χ0v) is 18.5. The molecule has 9 nitrogen and oxygen atoms in total. The van der Waals surface area contributed by atoms with E-state index in [-0.39, 0.29) is 12.2 Å². The summed E-state index contributed by atoms with van der Waals surface area (Å²) in [6.45, 7) is 0.333. The Morgan fingerprint density at radius 1 is 0.970 bits per heavy atom. The van der Waals surface area contributed by atoms with Gasteiger partial charge in [-0.3, -0.25) is 9.59 Å². The highest BCUT2D eigenvalue weighted by Gasteiger charge is 2.26. The van der Waals surface area contributed by atoms with E-state index in [1.54, 1.807) is 12.1 Å². The second-order valence-corrected chi connectivity index (χ2v) is 7.64. The van der Waals surface area contributed by atoms with Crippen LogP contribution in [0.2, 0.25) is 0 Å². The molecule has 0 aliphatic heterocycles. The van der Waals surface area contributed by atoms with E-state index in [2.05, 4.69) is 10.6 Å². The quantitative estimate of drug-likeness (QED) is 0.270. The van der Waals surface area contributed by atoms with Crippen molar-refractivity contribution in [2.45, 2.75) is 44.2 Å². The summed E-state index contributed by atoms with van der Waals surface area (Å²) >= 11 is 0. The van der Waals surface area contributed by atoms with Crippen molar-refractivity contribution in [1.82, 2.24) is 10.6 Å². The van der Waals surface area contributed by atoms with E-state index >= 15 is 0 Å². The van der Waals surface area contributed by atoms with E-state index in [9.17, 15) is 24.6 Å². The molecule has 9 heteroatoms. The van der Waals surface area contributed by atoms with Crippen LogP contribution >= 0.6 is 0 Å². The second kappa shape index (κ2) is 13.1. The highest BCUT2D eigenvalue weighted by molar-refractivity contribution is 5.89. The van der Waals surface area contributed by atoms with Crippen molar-refractivity contribution >= 4 is 17.8 Å². The molecule has 2 aromatic rings. The third-order valence-corrected chi connectivity index (χ3v) is 5.15. The number of hydrogen-bond donors (Lipinski definition) is 5. The molecule has 0 heterocycles. The maximum Gasteiger partial charge on any atom is 0.326 e. The van der Waals surface area contributed by atoms with Crippen LogP contribution in [0, 0.1) is 0 Å². The number of aliphatic carboxylic acids is 2. The number of aromatic hydroxyl groups is 1. The first-order chi connectivity index (χ1) is 15.8. The minimum absolute atomic E-state index is 0.0290. The molecule has 1 unspecified atom stereocenters. The number of phenols is 1. The molecule has 0 bridgehead atoms. The second-order valence-electron chi connectivity index (χ2n) is 7.64. The fraction of sp³-hybridized carbons (Fsp3) is 0.375. The molecule has 0 aromatic heterocycles. The molecule has 178 valence electrons. The van der Waals surface area contributed by atoms with Gasteiger partial charge in [0.25, 0.3) is 0 Å². The van der Waals surface area contributed by atoms with Crippen LogP contribution in [0.1, 0.15) is 30.4 Å². The lowest BCUT2D eigenvalue weighted by atomic mass is 10.0. The number of hydrogen-bond acceptors (Lipinski definition) is 6. The average molecular weight is 459 g/mol. The minimum Gasteiger partial charge on any atom is -0.504 e. The predicted octanol–water partition coefficient (Wildman–Crippen LogP) is 1.97. The van der Waals surface area contributed by atoms with Crippen LogP contribution in [0.3, 0.4) is 0 Å². The number of benzene rings is 2. The van der Waals surface area contributed by atoms with Crippen molar-refractivity contribution in [3.8, 4) is 11.5 Å². The van der Waals surface area contributed by atoms with Crippen molar-refractivity contribution in [2.75, 3.05) is 13.7 Å². The molecule has 0 fully saturated rings. The highest BCUT2D eigenvalue weighted by atomic mass is 16.5. The van der Waals surface area contributed by atoms with Gasteiger partial charge < -0.3 is 30.7 Å². The molecule has 1 amide bonds. The molecule has 0 aliphatic rings. The molecule has 2 rings (SSSR count). The fourth-order valence-electron chi connectivity index (χ4n) is 3.38. The molecule has 2 atom stereocenters. The Balaban J connectivity index is 1.89. The monoisotopic (exact) mass is 458 g/mol. The van der Waals surface area contributed by atoms with Gasteiger partial charge in [0.1, 0.15) is 6.04 Å². The van der Waals surface area contributed by atoms with Crippen LogP contribution < -0.4 is 15.4 Å². The molecule has 0 aliphatic carbocycles. The van der Waals surface area contributed by atoms with E-state index in [0.29, 0.717) is 31.6 Å². The number of carbonyl (C=O) groups excluding carboxylic acids is 1. The summed E-state index contributed by atoms with van der Waals surface area (Å²) < 4.78 is 5.01. The minimum atomic E-state index is -1.17. The topological polar surface area (TPSA) is 145 Å². The number of amides is 1. The van der Waals surface area contributed by atoms with Crippen molar-refractivity contribution in [2.24, 2.45) is 0 Å². The summed E-state index contributed by atoms with van der Waals surface area (Å²) in [5.74, 6) is -2.61. The Kier molecular flexibility index (Phi) is 10.2. The maximum atomic E-state index is 12.6. The van der Waals surface area contributed by atoms with Crippen LogP contribution in [0.4, 0.5) is 0 Å². The predicted molar refractivity (Wildman–Crippen MR) is 121 cm³/mol. The van der Waals surface area contributed by atoms with E-state index in [4.69, 9.17) is 9.84 Å². The van der Waals surface area contributed by atoms with E-state index in [1.165, 1.54) is 7.11 Å². The summed E-state index contributed by atoms with van der Waals surface area (Å²) in [6.07, 6.45) is 1.34. The van der Waals surface area contributed by atoms with Gasteiger partial charge in [-0.15, -0.1) is 0 Å². The third-order valence-electron chi connectivity index (χ3n) is 5.15. The Morgan fingerprint density at radius 2 is 1.70 bits per heavy atom. The Hall–Kier alpha value is -3.59. The number of methoxy groups -OCH3 is 1. The Labute approximate surface area is 192 Å². The van der Waals surface area contributed by atoms with Gasteiger partial charge in [-0.25, -0.2) is 4.79 Å². The largest absolute Gasteiger partial charge is 0.504 e. The number of phenolic OH excluding ortho intramolecular Hbond substituents is 1. The zero-order valence-electron chi connectivity index (χ0n) is 18.5. The lowest BCUT2D eigenvalue weighted by molar-refractivity contribution is -0.143. The third kappa shape index (κ3) is 8.82. The van der Waals surface area contributed by atoms with Gasteiger partial charge in [-0.2, -0.15) is 0 Å². The van der Waals surface area contributed by atoms with Crippen LogP contribution in [-0.4, -0.2) is 58.9 Å². The summed E-state index contributed by atoms with van der Waals surface area (Å²) in [5.41, 5.74) is 1.81. The SMILES string of the molecule is COc1ccc(CCCN[C@@H](CC(=O)O)C(=O)NC(CCc2ccccc2)C(=O)O)cc1O. The van der Waals surface area contributed by atoms with Crippen LogP contribution in [-0.2, 0) is 27.2 Å². The van der Waals surface area contributed by atoms with Crippen LogP contribution in [0.15, 0.2) is 48.5 Å². The van der Waals surface area contributed by atoms with Gasteiger partial charge in [0.15, 0.2) is 11.5 Å². The number of rotatable bonds is 14. The van der Waals surface area contributed by atoms with Gasteiger partial charge in [0.2, 0.25) is 5.91 Å². The van der Waals surface area contributed by atoms with Gasteiger partial charge >= 0.3 is 11.9 Å². The van der Waals surface area contributed by atoms with Gasteiger partial charge in [0.05, 0.1) is 19.6 Å². The number of carboxylic acids is 2. The molecule has 0 spiro atoms. The molecule has 0 saturated carbocycles. The number of ether oxygens (including phenoxy) is 1. The summed E-state index contributed by atoms with van der Waals surface area (Å²) in [5, 5.41) is 33.9. The first-order valence-corrected chi connectivity index (χ1v) is 10.7. The van der Waals surface area contributed by atoms with Gasteiger partial charge in [-0.1, -0.05) is 36.4 Å². The van der Waals surface area contributed by atoms with E-state index in [1.807, 2.05) is 36.4 Å². The Morgan fingerprint density at radius 3 is 2.30 bits per heavy atom. The smallest absolute Gasteiger partial charge is 0.326 e. The highest BCUT2D eigenvalue weighted by Crippen LogP contribution is 2.26. The van der Waals surface area contributed by atoms with Crippen LogP contribution in [0.5, 0.6) is 11.5 Å². The van der Waals surface area contributed by atoms with Gasteiger partial charge in [0, 0.05) is 0 Å². The fourth-order valence-corrected chi connectivity index (χ4v) is 3.38. The first kappa shape index (κ1) is 25.7. The molecule has 0 saturated heterocycles. The van der Waals surface area contributed by atoms with Crippen molar-refractivity contribution in [1.29, 1.82) is 0 Å². The molecule has 33 heavy (non-hydrogen) atoms. The summed E-state index contributed by atoms with van der Waals surface area (Å²) in [6, 6.07) is 12.2. The Bertz CT molecular complexity index is 934. The zero-order chi connectivity index (χ0) is 24.2. The summed E-state index contributed by atoms with van der Waals surface area (Å²) in [7, 11) is 1.46. The van der Waals surface area contributed by atoms with Crippen LogP contribution in [0.25, 0.3) is 0 Å². The number of carbonyl (C=O) groups is 3. The standard InChI is InChI=1S/C24H30N2O7/c1-33-21-12-10-17(14-20(21)27)8-5-13-25-19(15-22(28)29)23(30)26-18(24(31)32)11-9-16-6-3-2-4-7-16/h2-4,6-7,10,12,14,18-19,25,27H,5,8-9,11,13,15H2,1H3,(H,26,30)(H,28,29)(H,31,32)/t18?,19-/m0/s1. The molecular formula is C24H30N2O7. The lowest BCUT2D eigenvalue weighted by Gasteiger charge is -2.20. The first-order valence-electron chi connectivity index (χ1n) is 10.7. The van der Waals surface area contributed by atoms with Crippen molar-refractivity contribution in [3.63, 3.8) is 0 Å². The van der Waals surface area contributed by atoms with Gasteiger partial charge in [-0.05, 0) is 55.5 Å². The number of carboxylic acid groups (broad SMARTS) is 2. The number of aryl methyl sites for hydroxylation is 2. The molecular weight excluding hydrogens is 428 g/mol. The molecule has 2 aromatic carbocycles. The van der Waals surface area contributed by atoms with E-state index < -0.39 is 36.4 Å². The normalized spacial score (nSPS) is 12.5. The van der Waals surface area contributed by atoms with E-state index in [0.717, 1.165) is 11.1 Å². The van der Waals surface area contributed by atoms with Crippen molar-refractivity contribution < 1.29 is 34.4 Å². The number of nitrogens with one attached hydrogen (secondary N) is 2. The summed E-state index contributed by atoms with van der Waals surface area (Å²) in [4.78, 5) is 35.5. The lowest BCUT2D eigenvalue weighted by Crippen LogP contribution is -2.51. The molecule has 0 radical (unpaired) electrons. The van der Waals surface area contributed by atoms with Crippen molar-refractivity contribution in [3.05, 3.63) is 59.7 Å². The molecule has 5 N–H and O–H groups in total.